The zero-order valence-corrected chi connectivity index (χ0v) is 11.6. The summed E-state index contributed by atoms with van der Waals surface area (Å²) in [6.45, 7) is 3.28. The predicted molar refractivity (Wildman–Crippen MR) is 72.5 cm³/mol. The average Bonchev–Trinajstić information content (AvgIpc) is 2.70. The summed E-state index contributed by atoms with van der Waals surface area (Å²) in [6, 6.07) is 0.423. The number of hydrogen-bond donors (Lipinski definition) is 2. The number of carbonyl (C=O) groups is 1. The first kappa shape index (κ1) is 14.8. The molecular formula is C13H25ClN2O. The minimum Gasteiger partial charge on any atom is -0.351 e. The van der Waals surface area contributed by atoms with Gasteiger partial charge in [-0.15, -0.1) is 12.4 Å². The van der Waals surface area contributed by atoms with Crippen molar-refractivity contribution in [2.24, 2.45) is 0 Å². The third-order valence-corrected chi connectivity index (χ3v) is 3.99. The van der Waals surface area contributed by atoms with E-state index in [2.05, 4.69) is 17.6 Å². The Morgan fingerprint density at radius 3 is 2.59 bits per heavy atom. The van der Waals surface area contributed by atoms with Crippen LogP contribution < -0.4 is 10.6 Å². The van der Waals surface area contributed by atoms with Crippen LogP contribution in [0.4, 0.5) is 0 Å². The molecule has 1 amide bonds. The molecule has 1 unspecified atom stereocenters. The Balaban J connectivity index is 0.00000144. The van der Waals surface area contributed by atoms with E-state index in [1.807, 2.05) is 0 Å². The van der Waals surface area contributed by atoms with Crippen LogP contribution in [0.15, 0.2) is 0 Å². The highest BCUT2D eigenvalue weighted by Crippen LogP contribution is 2.27. The molecule has 2 rings (SSSR count). The van der Waals surface area contributed by atoms with Crippen molar-refractivity contribution >= 4 is 18.3 Å². The van der Waals surface area contributed by atoms with E-state index >= 15 is 0 Å². The lowest BCUT2D eigenvalue weighted by Crippen LogP contribution is -2.48. The van der Waals surface area contributed by atoms with Crippen molar-refractivity contribution in [2.75, 3.05) is 6.54 Å². The second kappa shape index (κ2) is 6.60. The monoisotopic (exact) mass is 260 g/mol. The Kier molecular flexibility index (Phi) is 5.74. The van der Waals surface area contributed by atoms with Gasteiger partial charge >= 0.3 is 0 Å². The molecule has 100 valence electrons. The SMILES string of the molecule is CC1(NC(=O)CC2CCCN2)CCCCC1.Cl. The zero-order valence-electron chi connectivity index (χ0n) is 10.8. The van der Waals surface area contributed by atoms with Crippen molar-refractivity contribution in [1.29, 1.82) is 0 Å². The van der Waals surface area contributed by atoms with Crippen LogP contribution in [0, 0.1) is 0 Å². The minimum absolute atomic E-state index is 0. The molecule has 1 aliphatic heterocycles. The van der Waals surface area contributed by atoms with Gasteiger partial charge in [-0.05, 0) is 39.2 Å². The molecule has 0 radical (unpaired) electrons. The van der Waals surface area contributed by atoms with Gasteiger partial charge in [0.1, 0.15) is 0 Å². The van der Waals surface area contributed by atoms with Gasteiger partial charge in [0.15, 0.2) is 0 Å². The molecule has 0 bridgehead atoms. The molecule has 2 fully saturated rings. The van der Waals surface area contributed by atoms with Crippen LogP contribution in [-0.4, -0.2) is 24.0 Å². The van der Waals surface area contributed by atoms with E-state index in [-0.39, 0.29) is 23.9 Å². The van der Waals surface area contributed by atoms with Gasteiger partial charge in [-0.3, -0.25) is 4.79 Å². The maximum atomic E-state index is 11.9. The van der Waals surface area contributed by atoms with Gasteiger partial charge in [-0.1, -0.05) is 19.3 Å². The van der Waals surface area contributed by atoms with E-state index in [0.29, 0.717) is 12.5 Å². The molecule has 17 heavy (non-hydrogen) atoms. The molecule has 0 aromatic rings. The highest BCUT2D eigenvalue weighted by molar-refractivity contribution is 5.85. The van der Waals surface area contributed by atoms with E-state index < -0.39 is 0 Å². The largest absolute Gasteiger partial charge is 0.351 e. The van der Waals surface area contributed by atoms with Crippen molar-refractivity contribution in [3.63, 3.8) is 0 Å². The van der Waals surface area contributed by atoms with Gasteiger partial charge in [0.05, 0.1) is 0 Å². The van der Waals surface area contributed by atoms with E-state index in [1.54, 1.807) is 0 Å². The molecule has 0 spiro atoms. The molecule has 1 atom stereocenters. The second-order valence-corrected chi connectivity index (χ2v) is 5.67. The summed E-state index contributed by atoms with van der Waals surface area (Å²) in [6.07, 6.45) is 9.19. The molecule has 0 aromatic carbocycles. The molecular weight excluding hydrogens is 236 g/mol. The molecule has 1 saturated carbocycles. The Labute approximate surface area is 111 Å². The van der Waals surface area contributed by atoms with Gasteiger partial charge in [-0.2, -0.15) is 0 Å². The van der Waals surface area contributed by atoms with Crippen molar-refractivity contribution in [3.8, 4) is 0 Å². The van der Waals surface area contributed by atoms with E-state index in [4.69, 9.17) is 0 Å². The van der Waals surface area contributed by atoms with Crippen LogP contribution in [0.5, 0.6) is 0 Å². The first-order valence-corrected chi connectivity index (χ1v) is 6.72. The fourth-order valence-electron chi connectivity index (χ4n) is 3.00. The molecule has 1 saturated heterocycles. The average molecular weight is 261 g/mol. The Hall–Kier alpha value is -0.280. The van der Waals surface area contributed by atoms with Crippen molar-refractivity contribution in [2.45, 2.75) is 69.9 Å². The quantitative estimate of drug-likeness (QED) is 0.818. The summed E-state index contributed by atoms with van der Waals surface area (Å²) in [7, 11) is 0. The lowest BCUT2D eigenvalue weighted by molar-refractivity contribution is -0.123. The summed E-state index contributed by atoms with van der Waals surface area (Å²) >= 11 is 0. The number of carbonyl (C=O) groups excluding carboxylic acids is 1. The second-order valence-electron chi connectivity index (χ2n) is 5.67. The zero-order chi connectivity index (χ0) is 11.4. The maximum Gasteiger partial charge on any atom is 0.221 e. The molecule has 4 heteroatoms. The van der Waals surface area contributed by atoms with Crippen molar-refractivity contribution < 1.29 is 4.79 Å². The molecule has 0 aromatic heterocycles. The van der Waals surface area contributed by atoms with Gasteiger partial charge in [0, 0.05) is 18.0 Å². The predicted octanol–water partition coefficient (Wildman–Crippen LogP) is 2.39. The molecule has 1 heterocycles. The number of rotatable bonds is 3. The lowest BCUT2D eigenvalue weighted by atomic mass is 9.83. The summed E-state index contributed by atoms with van der Waals surface area (Å²) in [5.74, 6) is 0.240. The summed E-state index contributed by atoms with van der Waals surface area (Å²) in [5, 5.41) is 6.62. The van der Waals surface area contributed by atoms with Gasteiger partial charge in [0.25, 0.3) is 0 Å². The van der Waals surface area contributed by atoms with Gasteiger partial charge < -0.3 is 10.6 Å². The summed E-state index contributed by atoms with van der Waals surface area (Å²) in [5.41, 5.74) is 0.0773. The van der Waals surface area contributed by atoms with Crippen LogP contribution in [0.2, 0.25) is 0 Å². The van der Waals surface area contributed by atoms with Crippen molar-refractivity contribution in [3.05, 3.63) is 0 Å². The Bertz CT molecular complexity index is 246. The topological polar surface area (TPSA) is 41.1 Å². The van der Waals surface area contributed by atoms with Crippen LogP contribution >= 0.6 is 12.4 Å². The molecule has 3 nitrogen and oxygen atoms in total. The minimum atomic E-state index is 0. The normalized spacial score (nSPS) is 27.2. The smallest absolute Gasteiger partial charge is 0.221 e. The van der Waals surface area contributed by atoms with Crippen LogP contribution in [0.3, 0.4) is 0 Å². The first-order chi connectivity index (χ1) is 7.68. The Morgan fingerprint density at radius 2 is 2.00 bits per heavy atom. The fourth-order valence-corrected chi connectivity index (χ4v) is 3.00. The third-order valence-electron chi connectivity index (χ3n) is 3.99. The molecule has 1 aliphatic carbocycles. The van der Waals surface area contributed by atoms with Crippen LogP contribution in [0.25, 0.3) is 0 Å². The third kappa shape index (κ3) is 4.47. The maximum absolute atomic E-state index is 11.9. The number of halogens is 1. The van der Waals surface area contributed by atoms with Gasteiger partial charge in [-0.25, -0.2) is 0 Å². The highest BCUT2D eigenvalue weighted by atomic mass is 35.5. The lowest BCUT2D eigenvalue weighted by Gasteiger charge is -2.34. The number of amides is 1. The van der Waals surface area contributed by atoms with Crippen LogP contribution in [0.1, 0.15) is 58.3 Å². The van der Waals surface area contributed by atoms with Crippen LogP contribution in [-0.2, 0) is 4.79 Å². The standard InChI is InChI=1S/C13H24N2O.ClH/c1-13(7-3-2-4-8-13)15-12(16)10-11-6-5-9-14-11;/h11,14H,2-10H2,1H3,(H,15,16);1H. The molecule has 2 aliphatic rings. The number of nitrogens with one attached hydrogen (secondary N) is 2. The van der Waals surface area contributed by atoms with E-state index in [1.165, 1.54) is 25.7 Å². The van der Waals surface area contributed by atoms with E-state index in [9.17, 15) is 4.79 Å². The molecule has 2 N–H and O–H groups in total. The summed E-state index contributed by atoms with van der Waals surface area (Å²) in [4.78, 5) is 11.9. The number of hydrogen-bond acceptors (Lipinski definition) is 2. The first-order valence-electron chi connectivity index (χ1n) is 6.72. The summed E-state index contributed by atoms with van der Waals surface area (Å²) < 4.78 is 0. The fraction of sp³-hybridized carbons (Fsp3) is 0.923. The van der Waals surface area contributed by atoms with Gasteiger partial charge in [0.2, 0.25) is 5.91 Å². The van der Waals surface area contributed by atoms with E-state index in [0.717, 1.165) is 25.8 Å². The highest BCUT2D eigenvalue weighted by Gasteiger charge is 2.29. The Morgan fingerprint density at radius 1 is 1.29 bits per heavy atom. The van der Waals surface area contributed by atoms with Crippen molar-refractivity contribution in [1.82, 2.24) is 10.6 Å².